The van der Waals surface area contributed by atoms with Crippen LogP contribution in [0.3, 0.4) is 0 Å². The first kappa shape index (κ1) is 23.7. The molecule has 0 aromatic heterocycles. The standard InChI is InChI=1S/C27H35N3O2/c1-2-3-4-5-6-7-19-8-10-20(11-9-19)26-13-12-25(16-22(26)18-28)32-27(31)21-14-23(29)17-24(30)15-21/h12-17,19-20H,2-11,29-30H2,1H3. The number of esters is 1. The molecule has 0 saturated heterocycles. The van der Waals surface area contributed by atoms with Gasteiger partial charge in [-0.1, -0.05) is 51.5 Å². The minimum absolute atomic E-state index is 0.290. The summed E-state index contributed by atoms with van der Waals surface area (Å²) in [6, 6.07) is 12.3. The van der Waals surface area contributed by atoms with Crippen molar-refractivity contribution in [3.63, 3.8) is 0 Å². The smallest absolute Gasteiger partial charge is 0.343 e. The fourth-order valence-corrected chi connectivity index (χ4v) is 4.81. The zero-order chi connectivity index (χ0) is 22.9. The van der Waals surface area contributed by atoms with Crippen LogP contribution in [0.2, 0.25) is 0 Å². The number of nitrogens with two attached hydrogens (primary N) is 2. The Morgan fingerprint density at radius 1 is 1.00 bits per heavy atom. The Morgan fingerprint density at radius 3 is 2.34 bits per heavy atom. The molecule has 0 atom stereocenters. The number of rotatable bonds is 9. The summed E-state index contributed by atoms with van der Waals surface area (Å²) < 4.78 is 5.48. The topological polar surface area (TPSA) is 102 Å². The predicted octanol–water partition coefficient (Wildman–Crippen LogP) is 6.58. The van der Waals surface area contributed by atoms with Crippen molar-refractivity contribution in [2.24, 2.45) is 5.92 Å². The number of anilines is 2. The first-order valence-corrected chi connectivity index (χ1v) is 11.9. The zero-order valence-corrected chi connectivity index (χ0v) is 19.1. The Morgan fingerprint density at radius 2 is 1.69 bits per heavy atom. The highest BCUT2D eigenvalue weighted by Crippen LogP contribution is 2.39. The maximum absolute atomic E-state index is 12.5. The lowest BCUT2D eigenvalue weighted by atomic mass is 9.76. The lowest BCUT2D eigenvalue weighted by molar-refractivity contribution is 0.0735. The van der Waals surface area contributed by atoms with Crippen LogP contribution in [-0.2, 0) is 0 Å². The first-order valence-electron chi connectivity index (χ1n) is 11.9. The summed E-state index contributed by atoms with van der Waals surface area (Å²) in [5.74, 6) is 1.04. The molecule has 3 rings (SSSR count). The molecule has 0 amide bonds. The molecule has 170 valence electrons. The molecule has 1 aliphatic rings. The minimum Gasteiger partial charge on any atom is -0.423 e. The van der Waals surface area contributed by atoms with Crippen molar-refractivity contribution in [1.82, 2.24) is 0 Å². The van der Waals surface area contributed by atoms with Crippen LogP contribution in [0.4, 0.5) is 11.4 Å². The van der Waals surface area contributed by atoms with E-state index in [1.807, 2.05) is 6.07 Å². The van der Waals surface area contributed by atoms with E-state index in [-0.39, 0.29) is 5.56 Å². The van der Waals surface area contributed by atoms with Gasteiger partial charge in [-0.2, -0.15) is 5.26 Å². The highest BCUT2D eigenvalue weighted by molar-refractivity contribution is 5.93. The maximum Gasteiger partial charge on any atom is 0.343 e. The number of unbranched alkanes of at least 4 members (excludes halogenated alkanes) is 4. The average molecular weight is 434 g/mol. The molecule has 1 fully saturated rings. The molecular formula is C27H35N3O2. The number of nitrogens with zero attached hydrogens (tertiary/aromatic N) is 1. The second-order valence-corrected chi connectivity index (χ2v) is 9.06. The van der Waals surface area contributed by atoms with E-state index < -0.39 is 5.97 Å². The number of ether oxygens (including phenoxy) is 1. The first-order chi connectivity index (χ1) is 15.5. The molecule has 0 aliphatic heterocycles. The van der Waals surface area contributed by atoms with Crippen LogP contribution >= 0.6 is 0 Å². The third kappa shape index (κ3) is 6.50. The number of nitrogen functional groups attached to an aromatic ring is 2. The Hall–Kier alpha value is -3.00. The lowest BCUT2D eigenvalue weighted by Crippen LogP contribution is -2.15. The van der Waals surface area contributed by atoms with E-state index >= 15 is 0 Å². The van der Waals surface area contributed by atoms with Gasteiger partial charge in [0.15, 0.2) is 0 Å². The Kier molecular flexibility index (Phi) is 8.56. The summed E-state index contributed by atoms with van der Waals surface area (Å²) in [5.41, 5.74) is 14.3. The second-order valence-electron chi connectivity index (χ2n) is 9.06. The molecule has 0 spiro atoms. The number of carbonyl (C=O) groups is 1. The minimum atomic E-state index is -0.542. The number of benzene rings is 2. The molecule has 2 aromatic rings. The Balaban J connectivity index is 1.58. The molecule has 4 N–H and O–H groups in total. The molecule has 0 radical (unpaired) electrons. The summed E-state index contributed by atoms with van der Waals surface area (Å²) in [6.45, 7) is 2.25. The largest absolute Gasteiger partial charge is 0.423 e. The summed E-state index contributed by atoms with van der Waals surface area (Å²) in [5, 5.41) is 9.71. The van der Waals surface area contributed by atoms with Crippen LogP contribution in [0.5, 0.6) is 5.75 Å². The van der Waals surface area contributed by atoms with Gasteiger partial charge in [0.1, 0.15) is 5.75 Å². The van der Waals surface area contributed by atoms with Gasteiger partial charge >= 0.3 is 5.97 Å². The number of carbonyl (C=O) groups excluding carboxylic acids is 1. The summed E-state index contributed by atoms with van der Waals surface area (Å²) in [4.78, 5) is 12.5. The van der Waals surface area contributed by atoms with Crippen LogP contribution < -0.4 is 16.2 Å². The highest BCUT2D eigenvalue weighted by Gasteiger charge is 2.24. The van der Waals surface area contributed by atoms with Gasteiger partial charge in [-0.15, -0.1) is 0 Å². The molecule has 0 unspecified atom stereocenters. The van der Waals surface area contributed by atoms with Gasteiger partial charge in [0.05, 0.1) is 17.2 Å². The number of hydrogen-bond acceptors (Lipinski definition) is 5. The van der Waals surface area contributed by atoms with E-state index in [1.165, 1.54) is 63.5 Å². The monoisotopic (exact) mass is 433 g/mol. The van der Waals surface area contributed by atoms with Gasteiger partial charge in [-0.05, 0) is 73.4 Å². The fourth-order valence-electron chi connectivity index (χ4n) is 4.81. The van der Waals surface area contributed by atoms with E-state index in [0.717, 1.165) is 24.3 Å². The molecule has 0 bridgehead atoms. The summed E-state index contributed by atoms with van der Waals surface area (Å²) in [6.07, 6.45) is 12.7. The second kappa shape index (κ2) is 11.6. The van der Waals surface area contributed by atoms with Gasteiger partial charge in [-0.3, -0.25) is 0 Å². The van der Waals surface area contributed by atoms with Crippen LogP contribution in [-0.4, -0.2) is 5.97 Å². The third-order valence-electron chi connectivity index (χ3n) is 6.57. The van der Waals surface area contributed by atoms with Gasteiger partial charge in [0.2, 0.25) is 0 Å². The average Bonchev–Trinajstić information content (AvgIpc) is 2.78. The van der Waals surface area contributed by atoms with E-state index in [4.69, 9.17) is 16.2 Å². The van der Waals surface area contributed by atoms with Crippen LogP contribution in [0.15, 0.2) is 36.4 Å². The van der Waals surface area contributed by atoms with E-state index in [1.54, 1.807) is 18.2 Å². The zero-order valence-electron chi connectivity index (χ0n) is 19.1. The summed E-state index contributed by atoms with van der Waals surface area (Å²) >= 11 is 0. The quantitative estimate of drug-likeness (QED) is 0.201. The van der Waals surface area contributed by atoms with Crippen LogP contribution in [0, 0.1) is 17.2 Å². The van der Waals surface area contributed by atoms with Crippen LogP contribution in [0.1, 0.15) is 98.5 Å². The van der Waals surface area contributed by atoms with Gasteiger partial charge < -0.3 is 16.2 Å². The van der Waals surface area contributed by atoms with Gasteiger partial charge in [-0.25, -0.2) is 4.79 Å². The van der Waals surface area contributed by atoms with Crippen molar-refractivity contribution < 1.29 is 9.53 Å². The highest BCUT2D eigenvalue weighted by atomic mass is 16.5. The molecule has 1 aliphatic carbocycles. The molecule has 0 heterocycles. The van der Waals surface area contributed by atoms with Crippen molar-refractivity contribution in [3.05, 3.63) is 53.1 Å². The van der Waals surface area contributed by atoms with Gasteiger partial charge in [0.25, 0.3) is 0 Å². The molecule has 2 aromatic carbocycles. The van der Waals surface area contributed by atoms with Gasteiger partial charge in [0, 0.05) is 11.4 Å². The van der Waals surface area contributed by atoms with Crippen molar-refractivity contribution in [2.45, 2.75) is 77.0 Å². The van der Waals surface area contributed by atoms with Crippen molar-refractivity contribution >= 4 is 17.3 Å². The molecule has 5 heteroatoms. The number of nitriles is 1. The molecular weight excluding hydrogens is 398 g/mol. The predicted molar refractivity (Wildman–Crippen MR) is 129 cm³/mol. The SMILES string of the molecule is CCCCCCCC1CCC(c2ccc(OC(=O)c3cc(N)cc(N)c3)cc2C#N)CC1. The van der Waals surface area contributed by atoms with Crippen molar-refractivity contribution in [1.29, 1.82) is 5.26 Å². The van der Waals surface area contributed by atoms with E-state index in [0.29, 0.717) is 28.6 Å². The van der Waals surface area contributed by atoms with Crippen molar-refractivity contribution in [3.8, 4) is 11.8 Å². The van der Waals surface area contributed by atoms with Crippen molar-refractivity contribution in [2.75, 3.05) is 11.5 Å². The maximum atomic E-state index is 12.5. The third-order valence-corrected chi connectivity index (χ3v) is 6.57. The fraction of sp³-hybridized carbons (Fsp3) is 0.481. The normalized spacial score (nSPS) is 18.1. The van der Waals surface area contributed by atoms with Crippen LogP contribution in [0.25, 0.3) is 0 Å². The number of hydrogen-bond donors (Lipinski definition) is 2. The Bertz CT molecular complexity index is 936. The molecule has 1 saturated carbocycles. The lowest BCUT2D eigenvalue weighted by Gasteiger charge is -2.29. The summed E-state index contributed by atoms with van der Waals surface area (Å²) in [7, 11) is 0. The molecule has 5 nitrogen and oxygen atoms in total. The van der Waals surface area contributed by atoms with E-state index in [9.17, 15) is 10.1 Å². The van der Waals surface area contributed by atoms with E-state index in [2.05, 4.69) is 13.0 Å². The molecule has 32 heavy (non-hydrogen) atoms. The Labute approximate surface area is 191 Å².